The summed E-state index contributed by atoms with van der Waals surface area (Å²) in [6, 6.07) is 7.67. The standard InChI is InChI=1S/C16H20O/c1-2-3-7-13-8-4-5-11-16(13)14-9-6-10-15(17)12-14/h3,6-10,12,16-17H,2,4-5,11H2,1H3/b7-3-. The molecule has 1 unspecified atom stereocenters. The highest BCUT2D eigenvalue weighted by Crippen LogP contribution is 2.35. The van der Waals surface area contributed by atoms with Crippen molar-refractivity contribution in [1.82, 2.24) is 0 Å². The smallest absolute Gasteiger partial charge is 0.115 e. The summed E-state index contributed by atoms with van der Waals surface area (Å²) in [5.74, 6) is 0.825. The highest BCUT2D eigenvalue weighted by atomic mass is 16.3. The minimum Gasteiger partial charge on any atom is -0.508 e. The Bertz CT molecular complexity index is 429. The molecular formula is C16H20O. The molecule has 0 saturated heterocycles. The number of aromatic hydroxyl groups is 1. The minimum atomic E-state index is 0.367. The molecule has 1 aliphatic rings. The van der Waals surface area contributed by atoms with E-state index in [4.69, 9.17) is 0 Å². The van der Waals surface area contributed by atoms with Gasteiger partial charge in [0, 0.05) is 5.92 Å². The van der Waals surface area contributed by atoms with E-state index in [2.05, 4.69) is 31.2 Å². The Hall–Kier alpha value is -1.50. The molecule has 1 aromatic rings. The van der Waals surface area contributed by atoms with Gasteiger partial charge in [-0.3, -0.25) is 0 Å². The van der Waals surface area contributed by atoms with E-state index in [1.54, 1.807) is 6.07 Å². The van der Waals surface area contributed by atoms with Crippen molar-refractivity contribution < 1.29 is 5.11 Å². The van der Waals surface area contributed by atoms with Crippen LogP contribution in [0.2, 0.25) is 0 Å². The molecule has 1 aliphatic carbocycles. The van der Waals surface area contributed by atoms with Crippen LogP contribution in [0.5, 0.6) is 5.75 Å². The Morgan fingerprint density at radius 2 is 2.29 bits per heavy atom. The number of hydrogen-bond acceptors (Lipinski definition) is 1. The van der Waals surface area contributed by atoms with Gasteiger partial charge in [0.1, 0.15) is 5.75 Å². The summed E-state index contributed by atoms with van der Waals surface area (Å²) < 4.78 is 0. The fourth-order valence-corrected chi connectivity index (χ4v) is 2.44. The lowest BCUT2D eigenvalue weighted by Crippen LogP contribution is -2.05. The lowest BCUT2D eigenvalue weighted by atomic mass is 9.82. The van der Waals surface area contributed by atoms with Crippen molar-refractivity contribution in [2.45, 2.75) is 38.5 Å². The number of rotatable bonds is 3. The van der Waals surface area contributed by atoms with Crippen LogP contribution in [0.1, 0.15) is 44.1 Å². The van der Waals surface area contributed by atoms with Crippen LogP contribution >= 0.6 is 0 Å². The van der Waals surface area contributed by atoms with Crippen molar-refractivity contribution in [2.75, 3.05) is 0 Å². The van der Waals surface area contributed by atoms with Crippen LogP contribution in [0.15, 0.2) is 48.1 Å². The van der Waals surface area contributed by atoms with E-state index in [0.29, 0.717) is 11.7 Å². The SMILES string of the molecule is CC/C=C\C1=CCCCC1c1cccc(O)c1. The minimum absolute atomic E-state index is 0.367. The van der Waals surface area contributed by atoms with Gasteiger partial charge in [0.05, 0.1) is 0 Å². The third-order valence-corrected chi connectivity index (χ3v) is 3.30. The van der Waals surface area contributed by atoms with Crippen LogP contribution in [-0.2, 0) is 0 Å². The van der Waals surface area contributed by atoms with E-state index < -0.39 is 0 Å². The molecule has 1 aromatic carbocycles. The molecule has 1 atom stereocenters. The summed E-state index contributed by atoms with van der Waals surface area (Å²) in [4.78, 5) is 0. The van der Waals surface area contributed by atoms with Gasteiger partial charge in [-0.2, -0.15) is 0 Å². The molecule has 2 rings (SSSR count). The zero-order valence-corrected chi connectivity index (χ0v) is 10.4. The first-order chi connectivity index (χ1) is 8.31. The van der Waals surface area contributed by atoms with Gasteiger partial charge >= 0.3 is 0 Å². The first-order valence-electron chi connectivity index (χ1n) is 6.46. The quantitative estimate of drug-likeness (QED) is 0.804. The van der Waals surface area contributed by atoms with Gasteiger partial charge in [0.2, 0.25) is 0 Å². The fourth-order valence-electron chi connectivity index (χ4n) is 2.44. The largest absolute Gasteiger partial charge is 0.508 e. The molecular weight excluding hydrogens is 208 g/mol. The lowest BCUT2D eigenvalue weighted by molar-refractivity contribution is 0.473. The van der Waals surface area contributed by atoms with E-state index in [9.17, 15) is 5.11 Å². The van der Waals surface area contributed by atoms with Gasteiger partial charge < -0.3 is 5.11 Å². The van der Waals surface area contributed by atoms with Crippen molar-refractivity contribution in [2.24, 2.45) is 0 Å². The maximum atomic E-state index is 9.57. The third-order valence-electron chi connectivity index (χ3n) is 3.30. The van der Waals surface area contributed by atoms with Crippen molar-refractivity contribution in [3.8, 4) is 5.75 Å². The van der Waals surface area contributed by atoms with Crippen molar-refractivity contribution in [1.29, 1.82) is 0 Å². The summed E-state index contributed by atoms with van der Waals surface area (Å²) in [6.07, 6.45) is 11.5. The topological polar surface area (TPSA) is 20.2 Å². The molecule has 0 heterocycles. The van der Waals surface area contributed by atoms with Crippen LogP contribution < -0.4 is 0 Å². The Balaban J connectivity index is 2.26. The summed E-state index contributed by atoms with van der Waals surface area (Å²) in [6.45, 7) is 2.16. The van der Waals surface area contributed by atoms with Crippen LogP contribution in [0.4, 0.5) is 0 Å². The molecule has 90 valence electrons. The third kappa shape index (κ3) is 3.00. The average Bonchev–Trinajstić information content (AvgIpc) is 2.37. The van der Waals surface area contributed by atoms with E-state index in [1.807, 2.05) is 12.1 Å². The molecule has 0 bridgehead atoms. The highest BCUT2D eigenvalue weighted by molar-refractivity contribution is 5.39. The predicted octanol–water partition coefficient (Wildman–Crippen LogP) is 4.55. The number of hydrogen-bond donors (Lipinski definition) is 1. The van der Waals surface area contributed by atoms with Crippen LogP contribution in [-0.4, -0.2) is 5.11 Å². The molecule has 0 aliphatic heterocycles. The Labute approximate surface area is 103 Å². The molecule has 1 N–H and O–H groups in total. The molecule has 0 spiro atoms. The van der Waals surface area contributed by atoms with Crippen LogP contribution in [0.3, 0.4) is 0 Å². The summed E-state index contributed by atoms with van der Waals surface area (Å²) >= 11 is 0. The Kier molecular flexibility index (Phi) is 4.03. The molecule has 0 aromatic heterocycles. The Morgan fingerprint density at radius 3 is 3.06 bits per heavy atom. The van der Waals surface area contributed by atoms with Gasteiger partial charge in [0.15, 0.2) is 0 Å². The van der Waals surface area contributed by atoms with E-state index in [-0.39, 0.29) is 0 Å². The second-order valence-corrected chi connectivity index (χ2v) is 4.59. The van der Waals surface area contributed by atoms with Gasteiger partial charge in [0.25, 0.3) is 0 Å². The van der Waals surface area contributed by atoms with Crippen molar-refractivity contribution in [3.63, 3.8) is 0 Å². The first kappa shape index (κ1) is 12.0. The molecule has 0 fully saturated rings. The number of allylic oxidation sites excluding steroid dienone is 4. The highest BCUT2D eigenvalue weighted by Gasteiger charge is 2.17. The molecule has 0 radical (unpaired) electrons. The predicted molar refractivity (Wildman–Crippen MR) is 72.2 cm³/mol. The van der Waals surface area contributed by atoms with Crippen LogP contribution in [0, 0.1) is 0 Å². The number of phenols is 1. The molecule has 1 heteroatoms. The van der Waals surface area contributed by atoms with Gasteiger partial charge in [-0.15, -0.1) is 0 Å². The molecule has 0 saturated carbocycles. The summed E-state index contributed by atoms with van der Waals surface area (Å²) in [5.41, 5.74) is 2.64. The number of phenolic OH excluding ortho intramolecular Hbond substituents is 1. The molecule has 0 amide bonds. The van der Waals surface area contributed by atoms with E-state index >= 15 is 0 Å². The summed E-state index contributed by atoms with van der Waals surface area (Å²) in [7, 11) is 0. The van der Waals surface area contributed by atoms with Gasteiger partial charge in [-0.05, 0) is 49.0 Å². The van der Waals surface area contributed by atoms with Gasteiger partial charge in [-0.1, -0.05) is 37.3 Å². The normalized spacial score (nSPS) is 20.5. The second kappa shape index (κ2) is 5.72. The van der Waals surface area contributed by atoms with Crippen molar-refractivity contribution >= 4 is 0 Å². The summed E-state index contributed by atoms with van der Waals surface area (Å²) in [5, 5.41) is 9.57. The maximum absolute atomic E-state index is 9.57. The lowest BCUT2D eigenvalue weighted by Gasteiger charge is -2.23. The second-order valence-electron chi connectivity index (χ2n) is 4.59. The Morgan fingerprint density at radius 1 is 1.41 bits per heavy atom. The first-order valence-corrected chi connectivity index (χ1v) is 6.46. The van der Waals surface area contributed by atoms with Gasteiger partial charge in [-0.25, -0.2) is 0 Å². The fraction of sp³-hybridized carbons (Fsp3) is 0.375. The monoisotopic (exact) mass is 228 g/mol. The number of benzene rings is 1. The zero-order valence-electron chi connectivity index (χ0n) is 10.4. The van der Waals surface area contributed by atoms with Crippen molar-refractivity contribution in [3.05, 3.63) is 53.6 Å². The molecule has 1 nitrogen and oxygen atoms in total. The van der Waals surface area contributed by atoms with Crippen LogP contribution in [0.25, 0.3) is 0 Å². The molecule has 17 heavy (non-hydrogen) atoms. The van der Waals surface area contributed by atoms with E-state index in [0.717, 1.165) is 6.42 Å². The maximum Gasteiger partial charge on any atom is 0.115 e. The average molecular weight is 228 g/mol. The van der Waals surface area contributed by atoms with E-state index in [1.165, 1.54) is 30.4 Å². The zero-order chi connectivity index (χ0) is 12.1.